The van der Waals surface area contributed by atoms with Gasteiger partial charge in [-0.1, -0.05) is 77.0 Å². The summed E-state index contributed by atoms with van der Waals surface area (Å²) >= 11 is 0. The van der Waals surface area contributed by atoms with Gasteiger partial charge in [-0.2, -0.15) is 0 Å². The molecule has 10 heteroatoms. The van der Waals surface area contributed by atoms with Crippen LogP contribution in [0.2, 0.25) is 0 Å². The average Bonchev–Trinajstić information content (AvgIpc) is 3.38. The van der Waals surface area contributed by atoms with E-state index in [2.05, 4.69) is 10.3 Å². The van der Waals surface area contributed by atoms with Gasteiger partial charge in [0, 0.05) is 21.9 Å². The maximum atomic E-state index is 14.2. The first-order valence-electron chi connectivity index (χ1n) is 13.3. The molecule has 0 aliphatic carbocycles. The lowest BCUT2D eigenvalue weighted by Gasteiger charge is -2.12. The minimum atomic E-state index is -3.98. The maximum Gasteiger partial charge on any atom is 0.268 e. The number of rotatable bonds is 6. The molecule has 0 spiro atoms. The van der Waals surface area contributed by atoms with Gasteiger partial charge in [-0.15, -0.1) is 0 Å². The van der Waals surface area contributed by atoms with Crippen LogP contribution in [-0.2, 0) is 10.0 Å². The minimum absolute atomic E-state index is 0.0115. The zero-order valence-electron chi connectivity index (χ0n) is 23.0. The van der Waals surface area contributed by atoms with Crippen molar-refractivity contribution in [2.75, 3.05) is 0 Å². The summed E-state index contributed by atoms with van der Waals surface area (Å²) in [6, 6.07) is 32.7. The average molecular weight is 590 g/mol. The fourth-order valence-corrected chi connectivity index (χ4v) is 7.14. The van der Waals surface area contributed by atoms with E-state index in [1.165, 1.54) is 3.97 Å². The summed E-state index contributed by atoms with van der Waals surface area (Å²) in [7, 11) is -3.98. The second-order valence-electron chi connectivity index (χ2n) is 10.1. The quantitative estimate of drug-likeness (QED) is 0.0825. The van der Waals surface area contributed by atoms with Gasteiger partial charge in [-0.05, 0) is 77.2 Å². The Hall–Kier alpha value is -5.61. The second-order valence-corrected chi connectivity index (χ2v) is 11.9. The molecule has 6 aromatic rings. The molecule has 9 nitrogen and oxygen atoms in total. The lowest BCUT2D eigenvalue weighted by atomic mass is 9.98. The molecule has 0 aliphatic heterocycles. The van der Waals surface area contributed by atoms with Gasteiger partial charge in [-0.25, -0.2) is 12.4 Å². The van der Waals surface area contributed by atoms with Gasteiger partial charge in [-0.3, -0.25) is 0 Å². The summed E-state index contributed by atoms with van der Waals surface area (Å²) in [5, 5.41) is 26.0. The molecule has 0 radical (unpaired) electrons. The Balaban J connectivity index is 1.64. The normalized spacial score (nSPS) is 12.7. The van der Waals surface area contributed by atoms with Crippen LogP contribution < -0.4 is 11.5 Å². The first-order chi connectivity index (χ1) is 20.7. The highest BCUT2D eigenvalue weighted by atomic mass is 32.2. The maximum absolute atomic E-state index is 14.2. The number of hydrogen-bond acceptors (Lipinski definition) is 6. The van der Waals surface area contributed by atoms with Crippen LogP contribution in [0.1, 0.15) is 16.7 Å². The van der Waals surface area contributed by atoms with Crippen molar-refractivity contribution in [3.8, 4) is 22.3 Å². The van der Waals surface area contributed by atoms with Gasteiger partial charge in [0.1, 0.15) is 0 Å². The highest BCUT2D eigenvalue weighted by Crippen LogP contribution is 2.38. The molecule has 0 aliphatic rings. The van der Waals surface area contributed by atoms with Crippen LogP contribution >= 0.6 is 0 Å². The Morgan fingerprint density at radius 3 is 1.56 bits per heavy atom. The number of nitrogens with zero attached hydrogens (tertiary/aromatic N) is 3. The van der Waals surface area contributed by atoms with E-state index < -0.39 is 10.0 Å². The van der Waals surface area contributed by atoms with Crippen molar-refractivity contribution in [3.05, 3.63) is 126 Å². The first-order valence-corrected chi connectivity index (χ1v) is 14.7. The third-order valence-corrected chi connectivity index (χ3v) is 9.42. The van der Waals surface area contributed by atoms with E-state index in [4.69, 9.17) is 21.9 Å². The minimum Gasteiger partial charge on any atom is -0.409 e. The van der Waals surface area contributed by atoms with Gasteiger partial charge in [0.25, 0.3) is 10.0 Å². The van der Waals surface area contributed by atoms with Gasteiger partial charge >= 0.3 is 0 Å². The third-order valence-electron chi connectivity index (χ3n) is 7.53. The summed E-state index contributed by atoms with van der Waals surface area (Å²) < 4.78 is 29.8. The van der Waals surface area contributed by atoms with Gasteiger partial charge in [0.2, 0.25) is 0 Å². The molecule has 43 heavy (non-hydrogen) atoms. The number of aryl methyl sites for hydroxylation is 1. The first kappa shape index (κ1) is 27.6. The van der Waals surface area contributed by atoms with Crippen molar-refractivity contribution in [3.63, 3.8) is 0 Å². The third kappa shape index (κ3) is 4.73. The molecule has 0 saturated heterocycles. The smallest absolute Gasteiger partial charge is 0.268 e. The summed E-state index contributed by atoms with van der Waals surface area (Å²) in [5.74, 6) is -0.0230. The number of hydrogen-bond donors (Lipinski definition) is 4. The zero-order chi connectivity index (χ0) is 30.3. The summed E-state index contributed by atoms with van der Waals surface area (Å²) in [4.78, 5) is 0.222. The van der Waals surface area contributed by atoms with Crippen LogP contribution in [0.25, 0.3) is 44.1 Å². The lowest BCUT2D eigenvalue weighted by Crippen LogP contribution is -2.14. The molecule has 0 fully saturated rings. The van der Waals surface area contributed by atoms with E-state index in [-0.39, 0.29) is 16.6 Å². The summed E-state index contributed by atoms with van der Waals surface area (Å²) in [6.07, 6.45) is 0. The monoisotopic (exact) mass is 589 g/mol. The standard InChI is InChI=1S/C33H27N5O4S/c1-20-6-2-3-11-31(20)43(41,42)38-29-14-12-23(21-7-4-9-25(16-21)32(34)36-39)18-27(29)28-19-24(13-15-30(28)38)22-8-5-10-26(17-22)33(35)37-40/h2-19,39-40H,1H3,(H2,34,36)(H2,35,37). The summed E-state index contributed by atoms with van der Waals surface area (Å²) in [5.41, 5.74) is 17.8. The molecular formula is C33H27N5O4S. The second kappa shape index (κ2) is 10.7. The van der Waals surface area contributed by atoms with E-state index in [9.17, 15) is 8.42 Å². The van der Waals surface area contributed by atoms with E-state index in [1.807, 2.05) is 66.7 Å². The van der Waals surface area contributed by atoms with Gasteiger partial charge < -0.3 is 21.9 Å². The largest absolute Gasteiger partial charge is 0.409 e. The predicted molar refractivity (Wildman–Crippen MR) is 169 cm³/mol. The number of nitrogens with two attached hydrogens (primary N) is 2. The van der Waals surface area contributed by atoms with Crippen LogP contribution in [0.5, 0.6) is 0 Å². The van der Waals surface area contributed by atoms with E-state index in [1.54, 1.807) is 49.4 Å². The Labute approximate surface area is 247 Å². The number of benzene rings is 5. The molecule has 1 aromatic heterocycles. The van der Waals surface area contributed by atoms with E-state index in [0.717, 1.165) is 33.0 Å². The van der Waals surface area contributed by atoms with Crippen molar-refractivity contribution in [2.24, 2.45) is 21.8 Å². The molecule has 6 N–H and O–H groups in total. The fraction of sp³-hybridized carbons (Fsp3) is 0.0303. The van der Waals surface area contributed by atoms with Crippen LogP contribution in [-0.4, -0.2) is 34.5 Å². The van der Waals surface area contributed by atoms with Gasteiger partial charge in [0.05, 0.1) is 15.9 Å². The molecule has 0 saturated carbocycles. The number of amidine groups is 2. The van der Waals surface area contributed by atoms with Gasteiger partial charge in [0.15, 0.2) is 11.7 Å². The van der Waals surface area contributed by atoms with Crippen LogP contribution in [0, 0.1) is 6.92 Å². The lowest BCUT2D eigenvalue weighted by molar-refractivity contribution is 0.318. The molecule has 1 heterocycles. The van der Waals surface area contributed by atoms with Crippen LogP contribution in [0.15, 0.2) is 124 Å². The van der Waals surface area contributed by atoms with E-state index >= 15 is 0 Å². The number of fused-ring (bicyclic) bond motifs is 3. The molecule has 5 aromatic carbocycles. The Kier molecular flexibility index (Phi) is 6.83. The topological polar surface area (TPSA) is 156 Å². The SMILES string of the molecule is Cc1ccccc1S(=O)(=O)n1c2ccc(-c3cccc(/C(N)=N/O)c3)cc2c2cc(-c3cccc(/C(N)=N/O)c3)ccc21. The molecule has 0 amide bonds. The number of aromatic nitrogens is 1. The summed E-state index contributed by atoms with van der Waals surface area (Å²) in [6.45, 7) is 1.78. The highest BCUT2D eigenvalue weighted by molar-refractivity contribution is 7.90. The fourth-order valence-electron chi connectivity index (χ4n) is 5.38. The van der Waals surface area contributed by atoms with Crippen molar-refractivity contribution in [2.45, 2.75) is 11.8 Å². The molecule has 0 atom stereocenters. The Morgan fingerprint density at radius 2 is 1.09 bits per heavy atom. The molecule has 0 bridgehead atoms. The zero-order valence-corrected chi connectivity index (χ0v) is 23.8. The van der Waals surface area contributed by atoms with Crippen molar-refractivity contribution < 1.29 is 18.8 Å². The van der Waals surface area contributed by atoms with Crippen molar-refractivity contribution in [1.29, 1.82) is 0 Å². The number of oxime groups is 2. The van der Waals surface area contributed by atoms with Crippen molar-refractivity contribution in [1.82, 2.24) is 3.97 Å². The Morgan fingerprint density at radius 1 is 0.628 bits per heavy atom. The molecule has 214 valence electrons. The highest BCUT2D eigenvalue weighted by Gasteiger charge is 2.25. The molecule has 0 unspecified atom stereocenters. The predicted octanol–water partition coefficient (Wildman–Crippen LogP) is 5.86. The van der Waals surface area contributed by atoms with E-state index in [0.29, 0.717) is 27.7 Å². The Bertz CT molecular complexity index is 2100. The van der Waals surface area contributed by atoms with Crippen LogP contribution in [0.3, 0.4) is 0 Å². The van der Waals surface area contributed by atoms with Crippen LogP contribution in [0.4, 0.5) is 0 Å². The molecule has 6 rings (SSSR count). The van der Waals surface area contributed by atoms with Crippen molar-refractivity contribution >= 4 is 43.5 Å². The molecular weight excluding hydrogens is 562 g/mol.